The van der Waals surface area contributed by atoms with Gasteiger partial charge in [0.1, 0.15) is 11.5 Å². The van der Waals surface area contributed by atoms with Gasteiger partial charge >= 0.3 is 0 Å². The van der Waals surface area contributed by atoms with Crippen molar-refractivity contribution >= 4 is 0 Å². The standard InChI is InChI=1S/C18H22N4O2/c1-4-23-17-8-6-5-7-15(17)18-20-16(13(2)24-18)12-22(3)11-14-9-10-19-21-14/h5-10H,4,11-12H2,1-3H3,(H,19,21). The van der Waals surface area contributed by atoms with E-state index < -0.39 is 0 Å². The van der Waals surface area contributed by atoms with Crippen molar-refractivity contribution < 1.29 is 9.15 Å². The Labute approximate surface area is 141 Å². The molecule has 0 fully saturated rings. The summed E-state index contributed by atoms with van der Waals surface area (Å²) in [6.45, 7) is 5.99. The van der Waals surface area contributed by atoms with E-state index >= 15 is 0 Å². The number of nitrogens with zero attached hydrogens (tertiary/aromatic N) is 3. The molecule has 0 aliphatic carbocycles. The van der Waals surface area contributed by atoms with E-state index in [-0.39, 0.29) is 0 Å². The molecule has 0 aliphatic rings. The molecule has 0 amide bonds. The van der Waals surface area contributed by atoms with Crippen molar-refractivity contribution in [3.63, 3.8) is 0 Å². The number of rotatable bonds is 7. The molecule has 0 atom stereocenters. The van der Waals surface area contributed by atoms with Gasteiger partial charge in [0.05, 0.1) is 17.9 Å². The summed E-state index contributed by atoms with van der Waals surface area (Å²) in [7, 11) is 2.04. The predicted molar refractivity (Wildman–Crippen MR) is 91.6 cm³/mol. The van der Waals surface area contributed by atoms with Gasteiger partial charge in [0.15, 0.2) is 0 Å². The number of aryl methyl sites for hydroxylation is 1. The van der Waals surface area contributed by atoms with Gasteiger partial charge in [-0.25, -0.2) is 4.98 Å². The molecule has 0 bridgehead atoms. The fraction of sp³-hybridized carbons (Fsp3) is 0.333. The summed E-state index contributed by atoms with van der Waals surface area (Å²) >= 11 is 0. The molecule has 1 aromatic carbocycles. The molecule has 24 heavy (non-hydrogen) atoms. The molecule has 6 heteroatoms. The summed E-state index contributed by atoms with van der Waals surface area (Å²) in [6.07, 6.45) is 1.76. The summed E-state index contributed by atoms with van der Waals surface area (Å²) in [5.74, 6) is 2.22. The highest BCUT2D eigenvalue weighted by Crippen LogP contribution is 2.30. The molecule has 3 rings (SSSR count). The SMILES string of the molecule is CCOc1ccccc1-c1nc(CN(C)Cc2ccn[nH]2)c(C)o1. The van der Waals surface area contributed by atoms with Crippen LogP contribution >= 0.6 is 0 Å². The third kappa shape index (κ3) is 3.65. The van der Waals surface area contributed by atoms with Crippen molar-refractivity contribution in [2.24, 2.45) is 0 Å². The molecule has 0 spiro atoms. The Morgan fingerprint density at radius 2 is 2.04 bits per heavy atom. The van der Waals surface area contributed by atoms with Crippen LogP contribution in [0.1, 0.15) is 24.1 Å². The highest BCUT2D eigenvalue weighted by atomic mass is 16.5. The zero-order valence-electron chi connectivity index (χ0n) is 14.2. The highest BCUT2D eigenvalue weighted by Gasteiger charge is 2.16. The van der Waals surface area contributed by atoms with Gasteiger partial charge < -0.3 is 9.15 Å². The van der Waals surface area contributed by atoms with E-state index in [2.05, 4.69) is 20.1 Å². The maximum Gasteiger partial charge on any atom is 0.230 e. The van der Waals surface area contributed by atoms with Crippen molar-refractivity contribution in [1.82, 2.24) is 20.1 Å². The number of hydrogen-bond acceptors (Lipinski definition) is 5. The first-order valence-electron chi connectivity index (χ1n) is 8.02. The number of ether oxygens (including phenoxy) is 1. The van der Waals surface area contributed by atoms with E-state index in [1.54, 1.807) is 6.20 Å². The lowest BCUT2D eigenvalue weighted by molar-refractivity contribution is 0.309. The van der Waals surface area contributed by atoms with Crippen LogP contribution in [0.5, 0.6) is 5.75 Å². The maximum atomic E-state index is 5.89. The Hall–Kier alpha value is -2.60. The number of aromatic amines is 1. The number of benzene rings is 1. The van der Waals surface area contributed by atoms with Gasteiger partial charge in [-0.2, -0.15) is 5.10 Å². The van der Waals surface area contributed by atoms with Gasteiger partial charge in [0.2, 0.25) is 5.89 Å². The monoisotopic (exact) mass is 326 g/mol. The zero-order chi connectivity index (χ0) is 16.9. The number of aromatic nitrogens is 3. The summed E-state index contributed by atoms with van der Waals surface area (Å²) < 4.78 is 11.6. The molecule has 0 radical (unpaired) electrons. The Bertz CT molecular complexity index is 780. The average Bonchev–Trinajstić information content (AvgIpc) is 3.19. The van der Waals surface area contributed by atoms with E-state index in [0.29, 0.717) is 19.0 Å². The molecule has 6 nitrogen and oxygen atoms in total. The second-order valence-electron chi connectivity index (χ2n) is 5.71. The van der Waals surface area contributed by atoms with E-state index in [9.17, 15) is 0 Å². The zero-order valence-corrected chi connectivity index (χ0v) is 14.2. The van der Waals surface area contributed by atoms with Gasteiger partial charge in [-0.1, -0.05) is 12.1 Å². The van der Waals surface area contributed by atoms with E-state index in [1.165, 1.54) is 0 Å². The Balaban J connectivity index is 1.78. The van der Waals surface area contributed by atoms with Gasteiger partial charge in [0, 0.05) is 25.0 Å². The van der Waals surface area contributed by atoms with Crippen LogP contribution in [0.25, 0.3) is 11.5 Å². The van der Waals surface area contributed by atoms with Crippen LogP contribution in [-0.2, 0) is 13.1 Å². The summed E-state index contributed by atoms with van der Waals surface area (Å²) in [5.41, 5.74) is 2.88. The third-order valence-corrected chi connectivity index (χ3v) is 3.73. The summed E-state index contributed by atoms with van der Waals surface area (Å²) in [6, 6.07) is 9.78. The lowest BCUT2D eigenvalue weighted by Crippen LogP contribution is -2.18. The molecular weight excluding hydrogens is 304 g/mol. The van der Waals surface area contributed by atoms with Crippen molar-refractivity contribution in [3.8, 4) is 17.2 Å². The highest BCUT2D eigenvalue weighted by molar-refractivity contribution is 5.63. The van der Waals surface area contributed by atoms with Crippen LogP contribution in [0, 0.1) is 6.92 Å². The first-order valence-corrected chi connectivity index (χ1v) is 8.02. The Morgan fingerprint density at radius 3 is 2.79 bits per heavy atom. The number of hydrogen-bond donors (Lipinski definition) is 1. The number of para-hydroxylation sites is 1. The largest absolute Gasteiger partial charge is 0.493 e. The second-order valence-corrected chi connectivity index (χ2v) is 5.71. The van der Waals surface area contributed by atoms with Crippen molar-refractivity contribution in [3.05, 3.63) is 53.7 Å². The van der Waals surface area contributed by atoms with Crippen LogP contribution < -0.4 is 4.74 Å². The van der Waals surface area contributed by atoms with Gasteiger partial charge in [-0.3, -0.25) is 10.00 Å². The molecule has 3 aromatic rings. The van der Waals surface area contributed by atoms with Crippen LogP contribution in [0.4, 0.5) is 0 Å². The summed E-state index contributed by atoms with van der Waals surface area (Å²) in [5, 5.41) is 6.94. The molecule has 0 unspecified atom stereocenters. The molecule has 0 aliphatic heterocycles. The van der Waals surface area contributed by atoms with Crippen molar-refractivity contribution in [1.29, 1.82) is 0 Å². The maximum absolute atomic E-state index is 5.89. The van der Waals surface area contributed by atoms with Crippen LogP contribution in [0.3, 0.4) is 0 Å². The first kappa shape index (κ1) is 16.3. The molecule has 0 saturated heterocycles. The van der Waals surface area contributed by atoms with Gasteiger partial charge in [0.25, 0.3) is 0 Å². The smallest absolute Gasteiger partial charge is 0.230 e. The average molecular weight is 326 g/mol. The molecule has 2 aromatic heterocycles. The van der Waals surface area contributed by atoms with Crippen LogP contribution in [-0.4, -0.2) is 33.7 Å². The minimum atomic E-state index is 0.599. The fourth-order valence-corrected chi connectivity index (χ4v) is 2.59. The number of nitrogens with one attached hydrogen (secondary N) is 1. The number of H-pyrrole nitrogens is 1. The van der Waals surface area contributed by atoms with Crippen molar-refractivity contribution in [2.75, 3.05) is 13.7 Å². The topological polar surface area (TPSA) is 67.2 Å². The molecular formula is C18H22N4O2. The van der Waals surface area contributed by atoms with Gasteiger partial charge in [-0.15, -0.1) is 0 Å². The molecule has 126 valence electrons. The minimum absolute atomic E-state index is 0.599. The van der Waals surface area contributed by atoms with E-state index in [0.717, 1.165) is 35.0 Å². The third-order valence-electron chi connectivity index (χ3n) is 3.73. The van der Waals surface area contributed by atoms with E-state index in [4.69, 9.17) is 9.15 Å². The van der Waals surface area contributed by atoms with Gasteiger partial charge in [-0.05, 0) is 39.1 Å². The lowest BCUT2D eigenvalue weighted by atomic mass is 10.2. The first-order chi connectivity index (χ1) is 11.7. The van der Waals surface area contributed by atoms with Crippen molar-refractivity contribution in [2.45, 2.75) is 26.9 Å². The molecule has 0 saturated carbocycles. The Morgan fingerprint density at radius 1 is 1.21 bits per heavy atom. The number of oxazole rings is 1. The summed E-state index contributed by atoms with van der Waals surface area (Å²) in [4.78, 5) is 6.84. The normalized spacial score (nSPS) is 11.2. The second kappa shape index (κ2) is 7.31. The van der Waals surface area contributed by atoms with E-state index in [1.807, 2.05) is 51.2 Å². The minimum Gasteiger partial charge on any atom is -0.493 e. The quantitative estimate of drug-likeness (QED) is 0.721. The molecule has 1 N–H and O–H groups in total. The van der Waals surface area contributed by atoms with Crippen LogP contribution in [0.15, 0.2) is 40.9 Å². The predicted octanol–water partition coefficient (Wildman–Crippen LogP) is 3.40. The molecule has 2 heterocycles. The van der Waals surface area contributed by atoms with Crippen LogP contribution in [0.2, 0.25) is 0 Å². The fourth-order valence-electron chi connectivity index (χ4n) is 2.59. The lowest BCUT2D eigenvalue weighted by Gasteiger charge is -2.13. The Kier molecular flexibility index (Phi) is 4.96.